The molecule has 4 nitrogen and oxygen atoms in total. The van der Waals surface area contributed by atoms with E-state index in [2.05, 4.69) is 33.8 Å². The van der Waals surface area contributed by atoms with Crippen LogP contribution in [0.3, 0.4) is 0 Å². The van der Waals surface area contributed by atoms with Gasteiger partial charge in [0.05, 0.1) is 12.2 Å². The lowest BCUT2D eigenvalue weighted by molar-refractivity contribution is -0.245. The third-order valence-electron chi connectivity index (χ3n) is 10.6. The van der Waals surface area contributed by atoms with Crippen LogP contribution in [0.2, 0.25) is 0 Å². The molecule has 0 saturated heterocycles. The highest BCUT2D eigenvalue weighted by molar-refractivity contribution is 5.90. The zero-order valence-corrected chi connectivity index (χ0v) is 20.2. The largest absolute Gasteiger partial charge is 0.393 e. The van der Waals surface area contributed by atoms with Crippen molar-refractivity contribution in [3.05, 3.63) is 11.6 Å². The van der Waals surface area contributed by atoms with Gasteiger partial charge in [0.2, 0.25) is 0 Å². The van der Waals surface area contributed by atoms with Crippen molar-refractivity contribution in [3.8, 4) is 0 Å². The number of rotatable bonds is 4. The monoisotopic (exact) mass is 432 g/mol. The van der Waals surface area contributed by atoms with Crippen LogP contribution in [0.1, 0.15) is 92.4 Å². The molecule has 0 bridgehead atoms. The summed E-state index contributed by atoms with van der Waals surface area (Å²) in [4.78, 5) is 13.3. The third kappa shape index (κ3) is 3.38. The Morgan fingerprint density at radius 3 is 2.55 bits per heavy atom. The molecule has 0 unspecified atom stereocenters. The second-order valence-corrected chi connectivity index (χ2v) is 12.3. The summed E-state index contributed by atoms with van der Waals surface area (Å²) in [6, 6.07) is 0. The van der Waals surface area contributed by atoms with Gasteiger partial charge in [-0.3, -0.25) is 4.79 Å². The molecular weight excluding hydrogens is 388 g/mol. The summed E-state index contributed by atoms with van der Waals surface area (Å²) >= 11 is 0. The molecule has 0 radical (unpaired) electrons. The van der Waals surface area contributed by atoms with Crippen LogP contribution in [0.4, 0.5) is 0 Å². The number of hydrogen-bond donors (Lipinski definition) is 3. The number of ketones is 1. The summed E-state index contributed by atoms with van der Waals surface area (Å²) in [6.07, 6.45) is 8.31. The fraction of sp³-hybridized carbons (Fsp3) is 0.889. The maximum atomic E-state index is 13.3. The summed E-state index contributed by atoms with van der Waals surface area (Å²) < 4.78 is 0. The molecular formula is C27H44O4. The number of fused-ring (bicyclic) bond motifs is 5. The minimum absolute atomic E-state index is 0.0779. The minimum atomic E-state index is -1.59. The Morgan fingerprint density at radius 1 is 1.16 bits per heavy atom. The molecule has 10 atom stereocenters. The van der Waals surface area contributed by atoms with E-state index in [-0.39, 0.29) is 35.9 Å². The second-order valence-electron chi connectivity index (χ2n) is 12.3. The summed E-state index contributed by atoms with van der Waals surface area (Å²) in [5.41, 5.74) is -0.799. The molecule has 0 aromatic heterocycles. The van der Waals surface area contributed by atoms with E-state index in [1.165, 1.54) is 18.4 Å². The van der Waals surface area contributed by atoms with E-state index in [4.69, 9.17) is 0 Å². The summed E-state index contributed by atoms with van der Waals surface area (Å²) in [7, 11) is 0. The molecule has 4 fully saturated rings. The van der Waals surface area contributed by atoms with Gasteiger partial charge in [-0.15, -0.1) is 0 Å². The van der Waals surface area contributed by atoms with Gasteiger partial charge < -0.3 is 15.3 Å². The van der Waals surface area contributed by atoms with Crippen LogP contribution in [-0.4, -0.2) is 38.9 Å². The normalized spacial score (nSPS) is 50.3. The van der Waals surface area contributed by atoms with Crippen molar-refractivity contribution in [2.24, 2.45) is 40.4 Å². The fourth-order valence-electron chi connectivity index (χ4n) is 8.90. The van der Waals surface area contributed by atoms with Crippen LogP contribution in [0, 0.1) is 40.4 Å². The smallest absolute Gasteiger partial charge is 0.165 e. The molecule has 3 N–H and O–H groups in total. The molecule has 0 amide bonds. The Morgan fingerprint density at radius 2 is 1.87 bits per heavy atom. The van der Waals surface area contributed by atoms with Gasteiger partial charge in [-0.1, -0.05) is 32.4 Å². The number of carbonyl (C=O) groups is 1. The zero-order valence-electron chi connectivity index (χ0n) is 20.2. The molecule has 0 heterocycles. The first-order chi connectivity index (χ1) is 14.4. The Labute approximate surface area is 188 Å². The molecule has 4 saturated carbocycles. The maximum Gasteiger partial charge on any atom is 0.165 e. The molecule has 0 aromatic rings. The Kier molecular flexibility index (Phi) is 6.02. The van der Waals surface area contributed by atoms with Crippen LogP contribution in [0.25, 0.3) is 0 Å². The van der Waals surface area contributed by atoms with Crippen molar-refractivity contribution in [2.75, 3.05) is 0 Å². The first-order valence-corrected chi connectivity index (χ1v) is 12.7. The van der Waals surface area contributed by atoms with Crippen molar-refractivity contribution >= 4 is 5.78 Å². The van der Waals surface area contributed by atoms with E-state index in [1.807, 2.05) is 6.92 Å². The molecule has 4 aliphatic carbocycles. The van der Waals surface area contributed by atoms with Crippen molar-refractivity contribution in [2.45, 2.75) is 110 Å². The molecule has 0 aromatic carbocycles. The van der Waals surface area contributed by atoms with E-state index in [0.29, 0.717) is 24.2 Å². The highest BCUT2D eigenvalue weighted by Crippen LogP contribution is 2.68. The van der Waals surface area contributed by atoms with E-state index in [9.17, 15) is 20.1 Å². The molecule has 4 rings (SSSR count). The highest BCUT2D eigenvalue weighted by Gasteiger charge is 2.70. The average molecular weight is 433 g/mol. The molecule has 0 spiro atoms. The predicted molar refractivity (Wildman–Crippen MR) is 122 cm³/mol. The van der Waals surface area contributed by atoms with Crippen molar-refractivity contribution in [3.63, 3.8) is 0 Å². The number of carbonyl (C=O) groups excluding carboxylic acids is 1. The van der Waals surface area contributed by atoms with Crippen LogP contribution >= 0.6 is 0 Å². The van der Waals surface area contributed by atoms with Crippen molar-refractivity contribution in [1.29, 1.82) is 0 Å². The number of aliphatic hydroxyl groups is 3. The van der Waals surface area contributed by atoms with Gasteiger partial charge in [-0.2, -0.15) is 0 Å². The number of Topliss-reactive ketones (excluding diaryl/α,β-unsaturated/α-hetero) is 1. The standard InChI is InChI=1S/C27H44O4/c1-16(2)7-6-8-17(3)20-9-10-21-19-14-24(30)27(31)15-18(28)13-23(29)26(27,5)22(19)11-12-25(20,21)4/h7,17-23,28-29,31H,6,8-15H2,1-5H3/t17-,18+,19+,20-,21+,22+,23-,25-,26+,27+/m1/s1. The summed E-state index contributed by atoms with van der Waals surface area (Å²) in [5, 5.41) is 32.8. The summed E-state index contributed by atoms with van der Waals surface area (Å²) in [6.45, 7) is 11.2. The van der Waals surface area contributed by atoms with Crippen LogP contribution < -0.4 is 0 Å². The van der Waals surface area contributed by atoms with E-state index in [1.54, 1.807) is 0 Å². The molecule has 4 heteroatoms. The van der Waals surface area contributed by atoms with E-state index in [0.717, 1.165) is 25.7 Å². The first kappa shape index (κ1) is 23.4. The Hall–Kier alpha value is -0.710. The topological polar surface area (TPSA) is 77.8 Å². The molecule has 176 valence electrons. The van der Waals surface area contributed by atoms with Crippen molar-refractivity contribution in [1.82, 2.24) is 0 Å². The molecule has 4 aliphatic rings. The molecule has 31 heavy (non-hydrogen) atoms. The van der Waals surface area contributed by atoms with Gasteiger partial charge in [-0.05, 0) is 87.4 Å². The van der Waals surface area contributed by atoms with E-state index >= 15 is 0 Å². The fourth-order valence-corrected chi connectivity index (χ4v) is 8.90. The van der Waals surface area contributed by atoms with Crippen LogP contribution in [0.5, 0.6) is 0 Å². The van der Waals surface area contributed by atoms with Crippen LogP contribution in [0.15, 0.2) is 11.6 Å². The van der Waals surface area contributed by atoms with Gasteiger partial charge in [0, 0.05) is 24.7 Å². The quantitative estimate of drug-likeness (QED) is 0.565. The maximum absolute atomic E-state index is 13.3. The van der Waals surface area contributed by atoms with Gasteiger partial charge in [0.25, 0.3) is 0 Å². The summed E-state index contributed by atoms with van der Waals surface area (Å²) in [5.74, 6) is 2.10. The van der Waals surface area contributed by atoms with Crippen LogP contribution in [-0.2, 0) is 4.79 Å². The van der Waals surface area contributed by atoms with Crippen molar-refractivity contribution < 1.29 is 20.1 Å². The Balaban J connectivity index is 1.59. The molecule has 0 aliphatic heterocycles. The number of hydrogen-bond acceptors (Lipinski definition) is 4. The lowest BCUT2D eigenvalue weighted by Gasteiger charge is -2.64. The lowest BCUT2D eigenvalue weighted by Crippen LogP contribution is -2.71. The average Bonchev–Trinajstić information content (AvgIpc) is 3.02. The minimum Gasteiger partial charge on any atom is -0.393 e. The van der Waals surface area contributed by atoms with Gasteiger partial charge >= 0.3 is 0 Å². The highest BCUT2D eigenvalue weighted by atomic mass is 16.3. The van der Waals surface area contributed by atoms with E-state index < -0.39 is 23.2 Å². The van der Waals surface area contributed by atoms with Gasteiger partial charge in [0.1, 0.15) is 5.60 Å². The van der Waals surface area contributed by atoms with Gasteiger partial charge in [-0.25, -0.2) is 0 Å². The first-order valence-electron chi connectivity index (χ1n) is 12.7. The lowest BCUT2D eigenvalue weighted by atomic mass is 9.42. The Bertz CT molecular complexity index is 742. The predicted octanol–water partition coefficient (Wildman–Crippen LogP) is 4.65. The SMILES string of the molecule is CC(C)=CCC[C@@H](C)[C@H]1CC[C@H]2[C@@H]3CC(=O)[C@@]4(O)C[C@@H](O)C[C@@H](O)[C@]4(C)[C@H]3CC[C@]12C. The third-order valence-corrected chi connectivity index (χ3v) is 10.6. The van der Waals surface area contributed by atoms with Gasteiger partial charge in [0.15, 0.2) is 5.78 Å². The zero-order chi connectivity index (χ0) is 22.8. The second kappa shape index (κ2) is 7.95. The number of aliphatic hydroxyl groups excluding tert-OH is 2. The number of allylic oxidation sites excluding steroid dienone is 2.